The van der Waals surface area contributed by atoms with Crippen LogP contribution in [0.15, 0.2) is 41.5 Å². The predicted octanol–water partition coefficient (Wildman–Crippen LogP) is 1.81. The van der Waals surface area contributed by atoms with E-state index in [0.29, 0.717) is 34.2 Å². The Morgan fingerprint density at radius 3 is 2.14 bits per heavy atom. The minimum atomic E-state index is -0.943. The summed E-state index contributed by atoms with van der Waals surface area (Å²) in [5.41, 5.74) is 3.10. The molecule has 0 aromatic heterocycles. The van der Waals surface area contributed by atoms with Crippen molar-refractivity contribution in [2.75, 3.05) is 33.8 Å². The molecule has 9 nitrogen and oxygen atoms in total. The predicted molar refractivity (Wildman–Crippen MR) is 103 cm³/mol. The molecule has 2 rings (SSSR count). The smallest absolute Gasteiger partial charge is 0.329 e. The van der Waals surface area contributed by atoms with Crippen LogP contribution in [-0.4, -0.2) is 46.5 Å². The molecule has 2 N–H and O–H groups in total. The third kappa shape index (κ3) is 5.13. The van der Waals surface area contributed by atoms with Gasteiger partial charge in [0.1, 0.15) is 11.5 Å². The largest absolute Gasteiger partial charge is 0.497 e. The maximum Gasteiger partial charge on any atom is 0.329 e. The molecule has 9 heteroatoms. The van der Waals surface area contributed by atoms with Gasteiger partial charge in [-0.3, -0.25) is 9.59 Å². The molecule has 2 aromatic carbocycles. The number of anilines is 1. The average molecular weight is 387 g/mol. The maximum atomic E-state index is 12.1. The van der Waals surface area contributed by atoms with Gasteiger partial charge in [0.2, 0.25) is 0 Å². The number of hydrazone groups is 1. The summed E-state index contributed by atoms with van der Waals surface area (Å²) in [7, 11) is 5.98. The second-order valence-electron chi connectivity index (χ2n) is 5.33. The normalized spacial score (nSPS) is 10.3. The quantitative estimate of drug-likeness (QED) is 0.426. The fraction of sp³-hybridized carbons (Fsp3) is 0.211. The summed E-state index contributed by atoms with van der Waals surface area (Å²) in [6.07, 6.45) is 1.37. The van der Waals surface area contributed by atoms with Crippen molar-refractivity contribution in [2.24, 2.45) is 5.10 Å². The highest BCUT2D eigenvalue weighted by atomic mass is 16.5. The molecule has 148 valence electrons. The molecule has 0 atom stereocenters. The summed E-state index contributed by atoms with van der Waals surface area (Å²) < 4.78 is 20.6. The van der Waals surface area contributed by atoms with Crippen LogP contribution in [0.25, 0.3) is 0 Å². The van der Waals surface area contributed by atoms with Gasteiger partial charge in [0.15, 0.2) is 11.5 Å². The van der Waals surface area contributed by atoms with Gasteiger partial charge in [0, 0.05) is 6.07 Å². The molecular weight excluding hydrogens is 366 g/mol. The van der Waals surface area contributed by atoms with Gasteiger partial charge in [0.05, 0.1) is 40.3 Å². The molecule has 2 amide bonds. The fourth-order valence-electron chi connectivity index (χ4n) is 2.24. The second kappa shape index (κ2) is 9.81. The van der Waals surface area contributed by atoms with E-state index in [9.17, 15) is 9.59 Å². The number of carbonyl (C=O) groups excluding carboxylic acids is 2. The monoisotopic (exact) mass is 387 g/mol. The number of nitrogens with one attached hydrogen (secondary N) is 2. The summed E-state index contributed by atoms with van der Waals surface area (Å²) >= 11 is 0. The first-order valence-corrected chi connectivity index (χ1v) is 8.10. The molecule has 0 aliphatic carbocycles. The number of benzene rings is 2. The summed E-state index contributed by atoms with van der Waals surface area (Å²) in [6.45, 7) is 0. The molecule has 0 fully saturated rings. The summed E-state index contributed by atoms with van der Waals surface area (Å²) in [4.78, 5) is 24.0. The Morgan fingerprint density at radius 2 is 1.50 bits per heavy atom. The van der Waals surface area contributed by atoms with Crippen LogP contribution in [0, 0.1) is 0 Å². The van der Waals surface area contributed by atoms with Crippen molar-refractivity contribution in [3.8, 4) is 23.0 Å². The maximum absolute atomic E-state index is 12.1. The molecule has 0 spiro atoms. The third-order valence-corrected chi connectivity index (χ3v) is 3.65. The Kier molecular flexibility index (Phi) is 7.21. The first-order valence-electron chi connectivity index (χ1n) is 8.10. The topological polar surface area (TPSA) is 107 Å². The molecular formula is C19H21N3O6. The molecule has 0 aliphatic rings. The lowest BCUT2D eigenvalue weighted by molar-refractivity contribution is -0.136. The Bertz CT molecular complexity index is 882. The van der Waals surface area contributed by atoms with Gasteiger partial charge in [-0.05, 0) is 35.9 Å². The van der Waals surface area contributed by atoms with Gasteiger partial charge in [0.25, 0.3) is 0 Å². The highest BCUT2D eigenvalue weighted by Crippen LogP contribution is 2.29. The van der Waals surface area contributed by atoms with Crippen molar-refractivity contribution < 1.29 is 28.5 Å². The van der Waals surface area contributed by atoms with Crippen LogP contribution >= 0.6 is 0 Å². The van der Waals surface area contributed by atoms with Crippen LogP contribution in [0.3, 0.4) is 0 Å². The van der Waals surface area contributed by atoms with Crippen LogP contribution in [0.4, 0.5) is 5.69 Å². The summed E-state index contributed by atoms with van der Waals surface area (Å²) in [5.74, 6) is 0.118. The number of carbonyl (C=O) groups is 2. The van der Waals surface area contributed by atoms with Crippen molar-refractivity contribution in [1.82, 2.24) is 5.43 Å². The first kappa shape index (κ1) is 20.6. The number of hydrogen-bond donors (Lipinski definition) is 2. The van der Waals surface area contributed by atoms with Crippen molar-refractivity contribution in [1.29, 1.82) is 0 Å². The van der Waals surface area contributed by atoms with Crippen molar-refractivity contribution in [3.05, 3.63) is 42.0 Å². The van der Waals surface area contributed by atoms with Gasteiger partial charge in [-0.15, -0.1) is 0 Å². The van der Waals surface area contributed by atoms with Crippen LogP contribution in [0.5, 0.6) is 23.0 Å². The highest BCUT2D eigenvalue weighted by molar-refractivity contribution is 6.39. The third-order valence-electron chi connectivity index (χ3n) is 3.65. The Hall–Kier alpha value is -3.75. The van der Waals surface area contributed by atoms with E-state index in [1.54, 1.807) is 30.3 Å². The fourth-order valence-corrected chi connectivity index (χ4v) is 2.24. The minimum absolute atomic E-state index is 0.297. The van der Waals surface area contributed by atoms with Crippen LogP contribution in [0.1, 0.15) is 5.56 Å². The number of amides is 2. The van der Waals surface area contributed by atoms with E-state index in [4.69, 9.17) is 18.9 Å². The second-order valence-corrected chi connectivity index (χ2v) is 5.33. The SMILES string of the molecule is COc1ccc(OC)c(NC(=O)C(=O)N/N=C/c2ccc(OC)c(OC)c2)c1. The van der Waals surface area contributed by atoms with E-state index in [0.717, 1.165) is 0 Å². The van der Waals surface area contributed by atoms with Gasteiger partial charge in [-0.1, -0.05) is 0 Å². The average Bonchev–Trinajstić information content (AvgIpc) is 2.73. The lowest BCUT2D eigenvalue weighted by Gasteiger charge is -2.11. The van der Waals surface area contributed by atoms with Crippen LogP contribution in [0.2, 0.25) is 0 Å². The van der Waals surface area contributed by atoms with E-state index >= 15 is 0 Å². The molecule has 0 saturated heterocycles. The van der Waals surface area contributed by atoms with Gasteiger partial charge in [-0.2, -0.15) is 5.10 Å². The molecule has 0 heterocycles. The Labute approximate surface area is 162 Å². The highest BCUT2D eigenvalue weighted by Gasteiger charge is 2.16. The zero-order valence-corrected chi connectivity index (χ0v) is 15.9. The van der Waals surface area contributed by atoms with E-state index in [1.165, 1.54) is 40.7 Å². The minimum Gasteiger partial charge on any atom is -0.497 e. The van der Waals surface area contributed by atoms with E-state index in [1.807, 2.05) is 0 Å². The molecule has 0 radical (unpaired) electrons. The van der Waals surface area contributed by atoms with Gasteiger partial charge in [-0.25, -0.2) is 5.43 Å². The standard InChI is InChI=1S/C19H21N3O6/c1-25-13-6-8-15(26-2)14(10-13)21-18(23)19(24)22-20-11-12-5-7-16(27-3)17(9-12)28-4/h5-11H,1-4H3,(H,21,23)(H,22,24)/b20-11+. The Morgan fingerprint density at radius 1 is 0.821 bits per heavy atom. The number of nitrogens with zero attached hydrogens (tertiary/aromatic N) is 1. The number of ether oxygens (including phenoxy) is 4. The lowest BCUT2D eigenvalue weighted by atomic mass is 10.2. The number of rotatable bonds is 7. The number of hydrogen-bond acceptors (Lipinski definition) is 7. The van der Waals surface area contributed by atoms with E-state index < -0.39 is 11.8 Å². The Balaban J connectivity index is 2.01. The number of methoxy groups -OCH3 is 4. The molecule has 0 bridgehead atoms. The van der Waals surface area contributed by atoms with E-state index in [2.05, 4.69) is 15.8 Å². The molecule has 0 aliphatic heterocycles. The van der Waals surface area contributed by atoms with E-state index in [-0.39, 0.29) is 0 Å². The molecule has 28 heavy (non-hydrogen) atoms. The van der Waals surface area contributed by atoms with Gasteiger partial charge >= 0.3 is 11.8 Å². The zero-order valence-electron chi connectivity index (χ0n) is 15.9. The zero-order chi connectivity index (χ0) is 20.5. The summed E-state index contributed by atoms with van der Waals surface area (Å²) in [6, 6.07) is 9.91. The first-order chi connectivity index (χ1) is 13.5. The van der Waals surface area contributed by atoms with Gasteiger partial charge < -0.3 is 24.3 Å². The summed E-state index contributed by atoms with van der Waals surface area (Å²) in [5, 5.41) is 6.23. The molecule has 2 aromatic rings. The molecule has 0 unspecified atom stereocenters. The lowest BCUT2D eigenvalue weighted by Crippen LogP contribution is -2.32. The van der Waals surface area contributed by atoms with Crippen molar-refractivity contribution >= 4 is 23.7 Å². The van der Waals surface area contributed by atoms with Crippen molar-refractivity contribution in [2.45, 2.75) is 0 Å². The van der Waals surface area contributed by atoms with Crippen LogP contribution < -0.4 is 29.7 Å². The van der Waals surface area contributed by atoms with Crippen molar-refractivity contribution in [3.63, 3.8) is 0 Å². The molecule has 0 saturated carbocycles. The van der Waals surface area contributed by atoms with Crippen LogP contribution in [-0.2, 0) is 9.59 Å².